The molecule has 1 rings (SSSR count). The van der Waals surface area contributed by atoms with Crippen LogP contribution in [0.5, 0.6) is 0 Å². The summed E-state index contributed by atoms with van der Waals surface area (Å²) in [5, 5.41) is 0. The minimum Gasteiger partial charge on any atom is -0.444 e. The molecule has 0 saturated carbocycles. The van der Waals surface area contributed by atoms with E-state index in [4.69, 9.17) is 10.5 Å². The molecule has 100 valence electrons. The second-order valence-corrected chi connectivity index (χ2v) is 5.45. The summed E-state index contributed by atoms with van der Waals surface area (Å²) >= 11 is 0. The average molecular weight is 243 g/mol. The Bertz CT molecular complexity index is 251. The van der Waals surface area contributed by atoms with Gasteiger partial charge in [-0.25, -0.2) is 4.79 Å². The Labute approximate surface area is 104 Å². The number of carbonyl (C=O) groups is 1. The average Bonchev–Trinajstić information content (AvgIpc) is 2.41. The Morgan fingerprint density at radius 3 is 2.53 bits per heavy atom. The van der Waals surface area contributed by atoms with Crippen LogP contribution in [0.25, 0.3) is 0 Å². The number of hydrogen-bond donors (Lipinski definition) is 1. The van der Waals surface area contributed by atoms with Gasteiger partial charge >= 0.3 is 6.09 Å². The van der Waals surface area contributed by atoms with Crippen molar-refractivity contribution in [3.63, 3.8) is 0 Å². The van der Waals surface area contributed by atoms with Crippen LogP contribution in [-0.4, -0.2) is 60.8 Å². The highest BCUT2D eigenvalue weighted by atomic mass is 16.6. The van der Waals surface area contributed by atoms with E-state index >= 15 is 0 Å². The van der Waals surface area contributed by atoms with Crippen LogP contribution in [0.15, 0.2) is 0 Å². The molecule has 0 spiro atoms. The van der Waals surface area contributed by atoms with E-state index in [0.29, 0.717) is 6.54 Å². The van der Waals surface area contributed by atoms with Crippen molar-refractivity contribution in [1.82, 2.24) is 9.80 Å². The Morgan fingerprint density at radius 2 is 1.94 bits per heavy atom. The molecule has 1 aliphatic rings. The summed E-state index contributed by atoms with van der Waals surface area (Å²) in [6, 6.07) is 0. The minimum absolute atomic E-state index is 0.202. The van der Waals surface area contributed by atoms with E-state index in [1.165, 1.54) is 0 Å². The molecule has 0 aromatic carbocycles. The van der Waals surface area contributed by atoms with Crippen LogP contribution in [0.1, 0.15) is 27.2 Å². The van der Waals surface area contributed by atoms with Gasteiger partial charge < -0.3 is 20.3 Å². The number of nitrogens with zero attached hydrogens (tertiary/aromatic N) is 2. The zero-order valence-corrected chi connectivity index (χ0v) is 11.2. The molecular weight excluding hydrogens is 218 g/mol. The highest BCUT2D eigenvalue weighted by molar-refractivity contribution is 5.68. The van der Waals surface area contributed by atoms with Gasteiger partial charge in [-0.05, 0) is 33.7 Å². The maximum absolute atomic E-state index is 11.9. The Hall–Kier alpha value is -0.810. The second kappa shape index (κ2) is 6.21. The van der Waals surface area contributed by atoms with Crippen LogP contribution in [-0.2, 0) is 4.74 Å². The monoisotopic (exact) mass is 243 g/mol. The van der Waals surface area contributed by atoms with Crippen LogP contribution in [0.3, 0.4) is 0 Å². The first-order valence-electron chi connectivity index (χ1n) is 6.33. The molecule has 5 heteroatoms. The maximum atomic E-state index is 11.9. The molecule has 0 aromatic rings. The molecule has 1 saturated heterocycles. The highest BCUT2D eigenvalue weighted by Gasteiger charge is 2.23. The summed E-state index contributed by atoms with van der Waals surface area (Å²) in [7, 11) is 0. The second-order valence-electron chi connectivity index (χ2n) is 5.45. The molecule has 0 aromatic heterocycles. The van der Waals surface area contributed by atoms with Gasteiger partial charge in [0.25, 0.3) is 0 Å². The molecule has 0 unspecified atom stereocenters. The molecular formula is C12H25N3O2. The first-order valence-corrected chi connectivity index (χ1v) is 6.33. The predicted octanol–water partition coefficient (Wildman–Crippen LogP) is 0.888. The first-order chi connectivity index (χ1) is 7.92. The fourth-order valence-corrected chi connectivity index (χ4v) is 1.89. The third kappa shape index (κ3) is 5.37. The van der Waals surface area contributed by atoms with Crippen LogP contribution < -0.4 is 5.73 Å². The molecule has 5 nitrogen and oxygen atoms in total. The van der Waals surface area contributed by atoms with Crippen LogP contribution in [0.2, 0.25) is 0 Å². The van der Waals surface area contributed by atoms with Crippen molar-refractivity contribution in [2.24, 2.45) is 5.73 Å². The van der Waals surface area contributed by atoms with Crippen molar-refractivity contribution in [2.45, 2.75) is 32.8 Å². The third-order valence-electron chi connectivity index (χ3n) is 2.69. The lowest BCUT2D eigenvalue weighted by atomic mass is 10.2. The molecule has 1 fully saturated rings. The largest absolute Gasteiger partial charge is 0.444 e. The molecule has 2 N–H and O–H groups in total. The van der Waals surface area contributed by atoms with Gasteiger partial charge in [0.1, 0.15) is 5.60 Å². The molecule has 17 heavy (non-hydrogen) atoms. The van der Waals surface area contributed by atoms with E-state index in [2.05, 4.69) is 4.90 Å². The number of carbonyl (C=O) groups excluding carboxylic acids is 1. The van der Waals surface area contributed by atoms with E-state index in [9.17, 15) is 4.79 Å². The highest BCUT2D eigenvalue weighted by Crippen LogP contribution is 2.11. The van der Waals surface area contributed by atoms with Gasteiger partial charge in [0.15, 0.2) is 0 Å². The Morgan fingerprint density at radius 1 is 1.24 bits per heavy atom. The lowest BCUT2D eigenvalue weighted by Crippen LogP contribution is -2.39. The van der Waals surface area contributed by atoms with E-state index in [0.717, 1.165) is 39.1 Å². The van der Waals surface area contributed by atoms with Crippen molar-refractivity contribution in [3.8, 4) is 0 Å². The van der Waals surface area contributed by atoms with Gasteiger partial charge in [-0.2, -0.15) is 0 Å². The molecule has 0 atom stereocenters. The summed E-state index contributed by atoms with van der Waals surface area (Å²) in [5.41, 5.74) is 5.12. The van der Waals surface area contributed by atoms with E-state index in [-0.39, 0.29) is 6.09 Å². The van der Waals surface area contributed by atoms with Gasteiger partial charge in [-0.3, -0.25) is 0 Å². The van der Waals surface area contributed by atoms with E-state index < -0.39 is 5.60 Å². The van der Waals surface area contributed by atoms with Crippen molar-refractivity contribution in [3.05, 3.63) is 0 Å². The number of rotatable bonds is 2. The quantitative estimate of drug-likeness (QED) is 0.782. The zero-order chi connectivity index (χ0) is 12.9. The van der Waals surface area contributed by atoms with Crippen LogP contribution in [0.4, 0.5) is 4.79 Å². The number of nitrogens with two attached hydrogens (primary N) is 1. The van der Waals surface area contributed by atoms with E-state index in [1.807, 2.05) is 20.8 Å². The summed E-state index contributed by atoms with van der Waals surface area (Å²) < 4.78 is 5.37. The number of ether oxygens (including phenoxy) is 1. The smallest absolute Gasteiger partial charge is 0.410 e. The van der Waals surface area contributed by atoms with Crippen LogP contribution in [0, 0.1) is 0 Å². The van der Waals surface area contributed by atoms with Crippen molar-refractivity contribution in [1.29, 1.82) is 0 Å². The number of hydrogen-bond acceptors (Lipinski definition) is 4. The molecule has 1 aliphatic heterocycles. The Kier molecular flexibility index (Phi) is 5.21. The Balaban J connectivity index is 2.43. The van der Waals surface area contributed by atoms with Gasteiger partial charge in [0.2, 0.25) is 0 Å². The van der Waals surface area contributed by atoms with Crippen LogP contribution >= 0.6 is 0 Å². The minimum atomic E-state index is -0.416. The maximum Gasteiger partial charge on any atom is 0.410 e. The molecule has 0 aliphatic carbocycles. The fraction of sp³-hybridized carbons (Fsp3) is 0.917. The first kappa shape index (κ1) is 14.3. The standard InChI is InChI=1S/C12H25N3O2/c1-12(2,3)17-11(16)15-7-4-6-14(8-5-13)9-10-15/h4-10,13H2,1-3H3. The van der Waals surface area contributed by atoms with Gasteiger partial charge in [0.05, 0.1) is 0 Å². The molecule has 1 amide bonds. The SMILES string of the molecule is CC(C)(C)OC(=O)N1CCCN(CCN)CC1. The van der Waals surface area contributed by atoms with E-state index in [1.54, 1.807) is 4.90 Å². The molecule has 0 bridgehead atoms. The summed E-state index contributed by atoms with van der Waals surface area (Å²) in [4.78, 5) is 16.0. The zero-order valence-electron chi connectivity index (χ0n) is 11.2. The van der Waals surface area contributed by atoms with Gasteiger partial charge in [-0.15, -0.1) is 0 Å². The topological polar surface area (TPSA) is 58.8 Å². The van der Waals surface area contributed by atoms with Crippen molar-refractivity contribution < 1.29 is 9.53 Å². The normalized spacial score (nSPS) is 18.9. The lowest BCUT2D eigenvalue weighted by Gasteiger charge is -2.26. The fourth-order valence-electron chi connectivity index (χ4n) is 1.89. The van der Waals surface area contributed by atoms with Crippen molar-refractivity contribution in [2.75, 3.05) is 39.3 Å². The summed E-state index contributed by atoms with van der Waals surface area (Å²) in [6.07, 6.45) is 0.784. The third-order valence-corrected chi connectivity index (χ3v) is 2.69. The van der Waals surface area contributed by atoms with Crippen molar-refractivity contribution >= 4 is 6.09 Å². The van der Waals surface area contributed by atoms with Gasteiger partial charge in [-0.1, -0.05) is 0 Å². The summed E-state index contributed by atoms with van der Waals surface area (Å²) in [5.74, 6) is 0. The van der Waals surface area contributed by atoms with Gasteiger partial charge in [0, 0.05) is 32.7 Å². The molecule has 0 radical (unpaired) electrons. The molecule has 1 heterocycles. The summed E-state index contributed by atoms with van der Waals surface area (Å²) in [6.45, 7) is 10.7. The predicted molar refractivity (Wildman–Crippen MR) is 67.9 cm³/mol. The lowest BCUT2D eigenvalue weighted by molar-refractivity contribution is 0.0258. The number of amides is 1.